The fourth-order valence-electron chi connectivity index (χ4n) is 4.82. The lowest BCUT2D eigenvalue weighted by Crippen LogP contribution is -2.62. The molecule has 1 spiro atoms. The van der Waals surface area contributed by atoms with Gasteiger partial charge in [0, 0.05) is 42.7 Å². The zero-order chi connectivity index (χ0) is 19.9. The second kappa shape index (κ2) is 7.17. The number of aromatic hydroxyl groups is 1. The average molecular weight is 386 g/mol. The number of hydrogen-bond acceptors (Lipinski definition) is 3. The molecular formula is C22H24F2N2O2. The van der Waals surface area contributed by atoms with Crippen LogP contribution in [-0.2, 0) is 0 Å². The highest BCUT2D eigenvalue weighted by atomic mass is 19.1. The van der Waals surface area contributed by atoms with Crippen LogP contribution in [0.2, 0.25) is 0 Å². The van der Waals surface area contributed by atoms with Gasteiger partial charge in [0.1, 0.15) is 17.4 Å². The second-order valence-corrected chi connectivity index (χ2v) is 7.87. The Bertz CT molecular complexity index is 856. The highest BCUT2D eigenvalue weighted by Gasteiger charge is 2.53. The van der Waals surface area contributed by atoms with Gasteiger partial charge in [-0.2, -0.15) is 0 Å². The molecule has 1 amide bonds. The molecule has 2 heterocycles. The number of nitrogens with zero attached hydrogens (tertiary/aromatic N) is 2. The molecule has 2 aliphatic rings. The van der Waals surface area contributed by atoms with Crippen molar-refractivity contribution in [3.05, 3.63) is 65.2 Å². The van der Waals surface area contributed by atoms with Crippen molar-refractivity contribution in [1.29, 1.82) is 0 Å². The van der Waals surface area contributed by atoms with Crippen LogP contribution >= 0.6 is 0 Å². The monoisotopic (exact) mass is 386 g/mol. The summed E-state index contributed by atoms with van der Waals surface area (Å²) >= 11 is 0. The molecule has 2 aromatic rings. The zero-order valence-electron chi connectivity index (χ0n) is 15.9. The number of carbonyl (C=O) groups is 1. The van der Waals surface area contributed by atoms with E-state index in [0.717, 1.165) is 44.1 Å². The number of phenolic OH excluding ortho intramolecular Hbond substituents is 1. The van der Waals surface area contributed by atoms with Crippen LogP contribution < -0.4 is 0 Å². The van der Waals surface area contributed by atoms with E-state index < -0.39 is 11.6 Å². The minimum Gasteiger partial charge on any atom is -0.508 e. The van der Waals surface area contributed by atoms with Crippen LogP contribution in [0.1, 0.15) is 41.7 Å². The average Bonchev–Trinajstić information content (AvgIpc) is 2.67. The molecule has 1 atom stereocenters. The molecule has 6 heteroatoms. The molecule has 1 N–H and O–H groups in total. The van der Waals surface area contributed by atoms with Crippen molar-refractivity contribution in [2.75, 3.05) is 26.2 Å². The van der Waals surface area contributed by atoms with E-state index in [1.807, 2.05) is 12.1 Å². The molecule has 0 aromatic heterocycles. The smallest absolute Gasteiger partial charge is 0.254 e. The van der Waals surface area contributed by atoms with Gasteiger partial charge in [-0.1, -0.05) is 19.1 Å². The molecule has 148 valence electrons. The molecule has 2 saturated heterocycles. The summed E-state index contributed by atoms with van der Waals surface area (Å²) in [6, 6.07) is 10.6. The number of hydrogen-bond donors (Lipinski definition) is 1. The molecule has 0 radical (unpaired) electrons. The Labute approximate surface area is 163 Å². The van der Waals surface area contributed by atoms with E-state index in [1.165, 1.54) is 5.56 Å². The Balaban J connectivity index is 1.49. The third kappa shape index (κ3) is 3.26. The van der Waals surface area contributed by atoms with Gasteiger partial charge in [0.2, 0.25) is 0 Å². The highest BCUT2D eigenvalue weighted by molar-refractivity contribution is 5.94. The van der Waals surface area contributed by atoms with Gasteiger partial charge in [-0.25, -0.2) is 8.78 Å². The summed E-state index contributed by atoms with van der Waals surface area (Å²) in [6.45, 7) is 5.20. The van der Waals surface area contributed by atoms with Crippen molar-refractivity contribution in [2.24, 2.45) is 5.41 Å². The number of likely N-dealkylation sites (tertiary alicyclic amines) is 2. The quantitative estimate of drug-likeness (QED) is 0.868. The first kappa shape index (κ1) is 18.9. The van der Waals surface area contributed by atoms with Crippen LogP contribution in [0.5, 0.6) is 5.75 Å². The fraction of sp³-hybridized carbons (Fsp3) is 0.409. The van der Waals surface area contributed by atoms with E-state index >= 15 is 0 Å². The maximum absolute atomic E-state index is 13.5. The number of piperidine rings is 1. The molecule has 0 saturated carbocycles. The van der Waals surface area contributed by atoms with Crippen molar-refractivity contribution < 1.29 is 18.7 Å². The Hall–Kier alpha value is -2.47. The number of carbonyl (C=O) groups excluding carboxylic acids is 1. The third-order valence-corrected chi connectivity index (χ3v) is 6.23. The van der Waals surface area contributed by atoms with Crippen molar-refractivity contribution in [3.63, 3.8) is 0 Å². The van der Waals surface area contributed by atoms with Crippen molar-refractivity contribution in [3.8, 4) is 5.75 Å². The van der Waals surface area contributed by atoms with E-state index in [-0.39, 0.29) is 28.7 Å². The van der Waals surface area contributed by atoms with Crippen LogP contribution in [-0.4, -0.2) is 47.0 Å². The second-order valence-electron chi connectivity index (χ2n) is 7.87. The standard InChI is InChI=1S/C22H24F2N2O2/c1-2-25-14-22(20(25)15-3-5-19(27)6-4-15)7-9-26(10-8-22)21(28)16-11-17(23)13-18(24)12-16/h3-6,11-13,20,27H,2,7-10,14H2,1H3. The molecule has 28 heavy (non-hydrogen) atoms. The van der Waals surface area contributed by atoms with Crippen LogP contribution in [0, 0.1) is 17.0 Å². The minimum atomic E-state index is -0.734. The summed E-state index contributed by atoms with van der Waals surface area (Å²) in [5, 5.41) is 9.59. The normalized spacial score (nSPS) is 21.5. The first-order valence-electron chi connectivity index (χ1n) is 9.70. The molecule has 4 nitrogen and oxygen atoms in total. The number of phenols is 1. The van der Waals surface area contributed by atoms with Crippen LogP contribution in [0.25, 0.3) is 0 Å². The van der Waals surface area contributed by atoms with Crippen molar-refractivity contribution >= 4 is 5.91 Å². The molecule has 2 aliphatic heterocycles. The predicted octanol–water partition coefficient (Wildman–Crippen LogP) is 3.97. The fourth-order valence-corrected chi connectivity index (χ4v) is 4.82. The van der Waals surface area contributed by atoms with Gasteiger partial charge >= 0.3 is 0 Å². The Morgan fingerprint density at radius 1 is 1.11 bits per heavy atom. The topological polar surface area (TPSA) is 43.8 Å². The highest BCUT2D eigenvalue weighted by Crippen LogP contribution is 2.54. The van der Waals surface area contributed by atoms with Crippen molar-refractivity contribution in [2.45, 2.75) is 25.8 Å². The Morgan fingerprint density at radius 2 is 1.71 bits per heavy atom. The Kier molecular flexibility index (Phi) is 4.83. The first-order chi connectivity index (χ1) is 13.4. The van der Waals surface area contributed by atoms with Crippen LogP contribution in [0.4, 0.5) is 8.78 Å². The maximum Gasteiger partial charge on any atom is 0.254 e. The number of rotatable bonds is 3. The number of benzene rings is 2. The Morgan fingerprint density at radius 3 is 2.29 bits per heavy atom. The van der Waals surface area contributed by atoms with E-state index in [2.05, 4.69) is 11.8 Å². The van der Waals surface area contributed by atoms with E-state index in [1.54, 1.807) is 17.0 Å². The van der Waals surface area contributed by atoms with Crippen LogP contribution in [0.15, 0.2) is 42.5 Å². The largest absolute Gasteiger partial charge is 0.508 e. The summed E-state index contributed by atoms with van der Waals surface area (Å²) in [5.74, 6) is -1.53. The van der Waals surface area contributed by atoms with Gasteiger partial charge < -0.3 is 10.0 Å². The molecule has 0 aliphatic carbocycles. The lowest BCUT2D eigenvalue weighted by Gasteiger charge is -2.60. The molecule has 4 rings (SSSR count). The summed E-state index contributed by atoms with van der Waals surface area (Å²) in [7, 11) is 0. The van der Waals surface area contributed by atoms with Gasteiger partial charge in [0.15, 0.2) is 0 Å². The lowest BCUT2D eigenvalue weighted by molar-refractivity contribution is -0.105. The number of amides is 1. The van der Waals surface area contributed by atoms with E-state index in [0.29, 0.717) is 13.1 Å². The summed E-state index contributed by atoms with van der Waals surface area (Å²) in [5.41, 5.74) is 1.34. The van der Waals surface area contributed by atoms with Crippen LogP contribution in [0.3, 0.4) is 0 Å². The van der Waals surface area contributed by atoms with E-state index in [9.17, 15) is 18.7 Å². The van der Waals surface area contributed by atoms with Crippen molar-refractivity contribution in [1.82, 2.24) is 9.80 Å². The zero-order valence-corrected chi connectivity index (χ0v) is 15.9. The van der Waals surface area contributed by atoms with Gasteiger partial charge in [0.25, 0.3) is 5.91 Å². The van der Waals surface area contributed by atoms with Gasteiger partial charge in [-0.15, -0.1) is 0 Å². The predicted molar refractivity (Wildman–Crippen MR) is 102 cm³/mol. The number of halogens is 2. The SMILES string of the molecule is CCN1CC2(CCN(C(=O)c3cc(F)cc(F)c3)CC2)C1c1ccc(O)cc1. The summed E-state index contributed by atoms with van der Waals surface area (Å²) in [6.07, 6.45) is 1.69. The molecule has 2 fully saturated rings. The maximum atomic E-state index is 13.5. The molecule has 2 aromatic carbocycles. The van der Waals surface area contributed by atoms with Gasteiger partial charge in [-0.3, -0.25) is 9.69 Å². The molecule has 0 bridgehead atoms. The molecular weight excluding hydrogens is 362 g/mol. The summed E-state index contributed by atoms with van der Waals surface area (Å²) in [4.78, 5) is 16.8. The third-order valence-electron chi connectivity index (χ3n) is 6.23. The van der Waals surface area contributed by atoms with Gasteiger partial charge in [-0.05, 0) is 49.2 Å². The summed E-state index contributed by atoms with van der Waals surface area (Å²) < 4.78 is 26.9. The van der Waals surface area contributed by atoms with E-state index in [4.69, 9.17) is 0 Å². The first-order valence-corrected chi connectivity index (χ1v) is 9.70. The molecule has 1 unspecified atom stereocenters. The lowest BCUT2D eigenvalue weighted by atomic mass is 9.63. The minimum absolute atomic E-state index is 0.0623. The van der Waals surface area contributed by atoms with Gasteiger partial charge in [0.05, 0.1) is 0 Å².